The Morgan fingerprint density at radius 1 is 1.17 bits per heavy atom. The summed E-state index contributed by atoms with van der Waals surface area (Å²) in [5.74, 6) is 1.27. The van der Waals surface area contributed by atoms with Gasteiger partial charge in [0.15, 0.2) is 16.6 Å². The molecule has 3 amide bonds. The van der Waals surface area contributed by atoms with Crippen LogP contribution < -0.4 is 20.1 Å². The van der Waals surface area contributed by atoms with E-state index in [9.17, 15) is 9.59 Å². The van der Waals surface area contributed by atoms with Crippen LogP contribution >= 0.6 is 11.3 Å². The van der Waals surface area contributed by atoms with Crippen LogP contribution in [0.4, 0.5) is 9.93 Å². The smallest absolute Gasteiger partial charge is 0.323 e. The van der Waals surface area contributed by atoms with Gasteiger partial charge in [-0.1, -0.05) is 6.07 Å². The number of aromatic nitrogens is 1. The fourth-order valence-corrected chi connectivity index (χ4v) is 3.80. The minimum Gasteiger partial charge on any atom is -0.454 e. The van der Waals surface area contributed by atoms with E-state index in [1.807, 2.05) is 25.2 Å². The quantitative estimate of drug-likeness (QED) is 0.766. The molecule has 0 bridgehead atoms. The van der Waals surface area contributed by atoms with E-state index in [0.717, 1.165) is 18.7 Å². The van der Waals surface area contributed by atoms with Crippen LogP contribution in [0.2, 0.25) is 0 Å². The van der Waals surface area contributed by atoms with Gasteiger partial charge in [-0.15, -0.1) is 11.3 Å². The van der Waals surface area contributed by atoms with Crippen LogP contribution in [0.3, 0.4) is 0 Å². The highest BCUT2D eigenvalue weighted by molar-refractivity contribution is 7.13. The number of carbonyl (C=O) groups excluding carboxylic acids is 2. The first kappa shape index (κ1) is 19.5. The van der Waals surface area contributed by atoms with Crippen molar-refractivity contribution in [3.05, 3.63) is 34.8 Å². The largest absolute Gasteiger partial charge is 0.454 e. The lowest BCUT2D eigenvalue weighted by Crippen LogP contribution is -2.48. The van der Waals surface area contributed by atoms with Crippen LogP contribution in [0.15, 0.2) is 23.6 Å². The van der Waals surface area contributed by atoms with Crippen molar-refractivity contribution in [1.82, 2.24) is 20.1 Å². The lowest BCUT2D eigenvalue weighted by atomic mass is 10.2. The van der Waals surface area contributed by atoms with E-state index in [1.54, 1.807) is 10.3 Å². The number of nitrogens with zero attached hydrogens (tertiary/aromatic N) is 3. The third kappa shape index (κ3) is 4.96. The summed E-state index contributed by atoms with van der Waals surface area (Å²) in [5.41, 5.74) is 1.56. The number of carbonyl (C=O) groups is 2. The first-order chi connectivity index (χ1) is 14.1. The molecule has 2 aliphatic rings. The Morgan fingerprint density at radius 2 is 1.97 bits per heavy atom. The summed E-state index contributed by atoms with van der Waals surface area (Å²) in [4.78, 5) is 32.9. The van der Waals surface area contributed by atoms with Crippen LogP contribution in [0, 0.1) is 0 Å². The zero-order valence-corrected chi connectivity index (χ0v) is 17.0. The number of piperazine rings is 1. The fourth-order valence-electron chi connectivity index (χ4n) is 3.10. The number of urea groups is 1. The van der Waals surface area contributed by atoms with E-state index in [2.05, 4.69) is 20.5 Å². The van der Waals surface area contributed by atoms with E-state index in [-0.39, 0.29) is 25.2 Å². The van der Waals surface area contributed by atoms with Crippen molar-refractivity contribution in [3.8, 4) is 11.5 Å². The number of nitrogens with one attached hydrogen (secondary N) is 2. The van der Waals surface area contributed by atoms with Gasteiger partial charge in [0, 0.05) is 38.1 Å². The van der Waals surface area contributed by atoms with Gasteiger partial charge in [-0.3, -0.25) is 10.1 Å². The van der Waals surface area contributed by atoms with Gasteiger partial charge in [-0.2, -0.15) is 0 Å². The number of amides is 3. The highest BCUT2D eigenvalue weighted by Gasteiger charge is 2.20. The van der Waals surface area contributed by atoms with Crippen molar-refractivity contribution in [3.63, 3.8) is 0 Å². The maximum atomic E-state index is 12.3. The molecular formula is C19H23N5O4S. The first-order valence-corrected chi connectivity index (χ1v) is 10.3. The fraction of sp³-hybridized carbons (Fsp3) is 0.421. The van der Waals surface area contributed by atoms with Gasteiger partial charge in [-0.25, -0.2) is 9.78 Å². The zero-order valence-electron chi connectivity index (χ0n) is 16.1. The molecule has 1 aromatic heterocycles. The Kier molecular flexibility index (Phi) is 5.81. The standard InChI is InChI=1S/C19H23N5O4S/c1-23-4-6-24(7-5-23)19(26)22-18-21-14(11-29-18)9-17(25)20-10-13-2-3-15-16(8-13)28-12-27-15/h2-3,8,11H,4-7,9-10,12H2,1H3,(H,20,25)(H,21,22,26). The molecule has 0 aliphatic carbocycles. The first-order valence-electron chi connectivity index (χ1n) is 9.41. The molecule has 0 radical (unpaired) electrons. The predicted octanol–water partition coefficient (Wildman–Crippen LogP) is 1.51. The van der Waals surface area contributed by atoms with Crippen molar-refractivity contribution in [2.45, 2.75) is 13.0 Å². The summed E-state index contributed by atoms with van der Waals surface area (Å²) in [6.07, 6.45) is 0.158. The highest BCUT2D eigenvalue weighted by atomic mass is 32.1. The van der Waals surface area contributed by atoms with Crippen LogP contribution in [0.5, 0.6) is 11.5 Å². The maximum absolute atomic E-state index is 12.3. The molecule has 2 aliphatic heterocycles. The Balaban J connectivity index is 1.24. The predicted molar refractivity (Wildman–Crippen MR) is 108 cm³/mol. The summed E-state index contributed by atoms with van der Waals surface area (Å²) in [7, 11) is 2.04. The second kappa shape index (κ2) is 8.66. The third-order valence-electron chi connectivity index (χ3n) is 4.82. The molecule has 2 N–H and O–H groups in total. The molecule has 1 saturated heterocycles. The molecule has 0 unspecified atom stereocenters. The Morgan fingerprint density at radius 3 is 2.79 bits per heavy atom. The Labute approximate surface area is 172 Å². The SMILES string of the molecule is CN1CCN(C(=O)Nc2nc(CC(=O)NCc3ccc4c(c3)OCO4)cs2)CC1. The van der Waals surface area contributed by atoms with Crippen LogP contribution in [0.1, 0.15) is 11.3 Å². The van der Waals surface area contributed by atoms with Crippen molar-refractivity contribution < 1.29 is 19.1 Å². The van der Waals surface area contributed by atoms with Crippen molar-refractivity contribution in [2.75, 3.05) is 45.3 Å². The van der Waals surface area contributed by atoms with Gasteiger partial charge in [0.05, 0.1) is 12.1 Å². The van der Waals surface area contributed by atoms with E-state index in [0.29, 0.717) is 42.0 Å². The summed E-state index contributed by atoms with van der Waals surface area (Å²) < 4.78 is 10.6. The van der Waals surface area contributed by atoms with E-state index in [4.69, 9.17) is 9.47 Å². The Hall–Kier alpha value is -2.85. The van der Waals surface area contributed by atoms with E-state index >= 15 is 0 Å². The highest BCUT2D eigenvalue weighted by Crippen LogP contribution is 2.32. The summed E-state index contributed by atoms with van der Waals surface area (Å²) in [5, 5.41) is 7.99. The van der Waals surface area contributed by atoms with E-state index < -0.39 is 0 Å². The molecule has 2 aromatic rings. The number of hydrogen-bond donors (Lipinski definition) is 2. The van der Waals surface area contributed by atoms with Gasteiger partial charge >= 0.3 is 6.03 Å². The second-order valence-electron chi connectivity index (χ2n) is 7.01. The number of likely N-dealkylation sites (N-methyl/N-ethyl adjacent to an activating group) is 1. The molecule has 1 aromatic carbocycles. The normalized spacial score (nSPS) is 16.0. The average molecular weight is 417 g/mol. The van der Waals surface area contributed by atoms with Gasteiger partial charge in [0.25, 0.3) is 0 Å². The minimum absolute atomic E-state index is 0.134. The lowest BCUT2D eigenvalue weighted by Gasteiger charge is -2.32. The maximum Gasteiger partial charge on any atom is 0.323 e. The zero-order chi connectivity index (χ0) is 20.2. The van der Waals surface area contributed by atoms with Crippen molar-refractivity contribution in [2.24, 2.45) is 0 Å². The number of benzene rings is 1. The number of rotatable bonds is 5. The van der Waals surface area contributed by atoms with Gasteiger partial charge in [-0.05, 0) is 24.7 Å². The summed E-state index contributed by atoms with van der Waals surface area (Å²) >= 11 is 1.32. The molecule has 0 saturated carbocycles. The third-order valence-corrected chi connectivity index (χ3v) is 5.63. The van der Waals surface area contributed by atoms with Gasteiger partial charge in [0.1, 0.15) is 0 Å². The molecule has 3 heterocycles. The van der Waals surface area contributed by atoms with Crippen LogP contribution in [-0.2, 0) is 17.8 Å². The van der Waals surface area contributed by atoms with Gasteiger partial charge in [0.2, 0.25) is 12.7 Å². The number of fused-ring (bicyclic) bond motifs is 1. The average Bonchev–Trinajstić information content (AvgIpc) is 3.35. The molecule has 0 spiro atoms. The topological polar surface area (TPSA) is 96.0 Å². The van der Waals surface area contributed by atoms with Crippen LogP contribution in [0.25, 0.3) is 0 Å². The lowest BCUT2D eigenvalue weighted by molar-refractivity contribution is -0.120. The molecule has 10 heteroatoms. The molecule has 154 valence electrons. The molecule has 9 nitrogen and oxygen atoms in total. The molecule has 1 fully saturated rings. The number of thiazole rings is 1. The number of ether oxygens (including phenoxy) is 2. The van der Waals surface area contributed by atoms with Crippen LogP contribution in [-0.4, -0.2) is 66.7 Å². The van der Waals surface area contributed by atoms with Crippen molar-refractivity contribution >= 4 is 28.4 Å². The molecule has 0 atom stereocenters. The monoisotopic (exact) mass is 417 g/mol. The second-order valence-corrected chi connectivity index (χ2v) is 7.86. The molecule has 4 rings (SSSR count). The number of anilines is 1. The molecule has 29 heavy (non-hydrogen) atoms. The molecular weight excluding hydrogens is 394 g/mol. The minimum atomic E-state index is -0.147. The summed E-state index contributed by atoms with van der Waals surface area (Å²) in [6.45, 7) is 3.74. The summed E-state index contributed by atoms with van der Waals surface area (Å²) in [6, 6.07) is 5.44. The van der Waals surface area contributed by atoms with E-state index in [1.165, 1.54) is 11.3 Å². The number of hydrogen-bond acceptors (Lipinski definition) is 7. The van der Waals surface area contributed by atoms with Gasteiger partial charge < -0.3 is 24.6 Å². The van der Waals surface area contributed by atoms with Crippen molar-refractivity contribution in [1.29, 1.82) is 0 Å². The Bertz CT molecular complexity index is 894.